The van der Waals surface area contributed by atoms with Crippen LogP contribution in [-0.4, -0.2) is 50.7 Å². The van der Waals surface area contributed by atoms with Gasteiger partial charge in [0.05, 0.1) is 19.3 Å². The number of amides is 2. The van der Waals surface area contributed by atoms with Crippen molar-refractivity contribution in [3.05, 3.63) is 35.9 Å². The van der Waals surface area contributed by atoms with Crippen LogP contribution >= 0.6 is 0 Å². The Balaban J connectivity index is 1.47. The Hall–Kier alpha value is -1.63. The number of rotatable bonds is 4. The van der Waals surface area contributed by atoms with Crippen molar-refractivity contribution in [1.82, 2.24) is 10.6 Å². The lowest BCUT2D eigenvalue weighted by Gasteiger charge is -2.18. The minimum Gasteiger partial charge on any atom is -0.376 e. The molecule has 2 amide bonds. The van der Waals surface area contributed by atoms with E-state index in [-0.39, 0.29) is 30.4 Å². The first-order valence-electron chi connectivity index (χ1n) is 7.12. The molecule has 0 aromatic heterocycles. The minimum absolute atomic E-state index is 0.0471. The van der Waals surface area contributed by atoms with Crippen molar-refractivity contribution in [2.45, 2.75) is 30.9 Å². The van der Waals surface area contributed by atoms with Gasteiger partial charge in [-0.1, -0.05) is 30.3 Å². The molecule has 0 radical (unpaired) electrons. The molecular weight excluding hydrogens is 272 g/mol. The first kappa shape index (κ1) is 14.3. The van der Waals surface area contributed by atoms with Crippen LogP contribution in [0, 0.1) is 0 Å². The summed E-state index contributed by atoms with van der Waals surface area (Å²) in [5.74, 6) is 0. The molecule has 2 saturated heterocycles. The van der Waals surface area contributed by atoms with Gasteiger partial charge in [-0.15, -0.1) is 0 Å². The Labute approximate surface area is 123 Å². The van der Waals surface area contributed by atoms with Gasteiger partial charge in [0, 0.05) is 13.7 Å². The molecule has 1 aromatic carbocycles. The topological polar surface area (TPSA) is 68.8 Å². The van der Waals surface area contributed by atoms with Gasteiger partial charge >= 0.3 is 6.03 Å². The fourth-order valence-corrected chi connectivity index (χ4v) is 2.79. The highest BCUT2D eigenvalue weighted by molar-refractivity contribution is 5.74. The van der Waals surface area contributed by atoms with Crippen LogP contribution in [0.25, 0.3) is 0 Å². The summed E-state index contributed by atoms with van der Waals surface area (Å²) in [6, 6.07) is 9.44. The third-order valence-electron chi connectivity index (χ3n) is 3.92. The summed E-state index contributed by atoms with van der Waals surface area (Å²) < 4.78 is 16.6. The van der Waals surface area contributed by atoms with E-state index in [4.69, 9.17) is 14.2 Å². The van der Waals surface area contributed by atoms with Crippen molar-refractivity contribution in [3.8, 4) is 0 Å². The standard InChI is InChI=1S/C15H20N2O4/c1-19-12-9-21-13-11(8-20-14(12)13)17-15(18)16-7-10-5-3-2-4-6-10/h2-6,11-14H,7-9H2,1H3,(H2,16,17,18). The largest absolute Gasteiger partial charge is 0.376 e. The number of carbonyl (C=O) groups excluding carboxylic acids is 1. The molecule has 2 N–H and O–H groups in total. The Bertz CT molecular complexity index is 482. The summed E-state index contributed by atoms with van der Waals surface area (Å²) >= 11 is 0. The summed E-state index contributed by atoms with van der Waals surface area (Å²) in [5, 5.41) is 5.75. The third kappa shape index (κ3) is 3.18. The van der Waals surface area contributed by atoms with E-state index in [1.54, 1.807) is 7.11 Å². The maximum atomic E-state index is 11.9. The molecule has 2 aliphatic heterocycles. The molecule has 0 saturated carbocycles. The summed E-state index contributed by atoms with van der Waals surface area (Å²) in [6.07, 6.45) is -0.263. The normalized spacial score (nSPS) is 30.9. The quantitative estimate of drug-likeness (QED) is 0.856. The average molecular weight is 292 g/mol. The number of urea groups is 1. The molecule has 3 rings (SSSR count). The van der Waals surface area contributed by atoms with Crippen molar-refractivity contribution >= 4 is 6.03 Å². The highest BCUT2D eigenvalue weighted by Gasteiger charge is 2.48. The maximum Gasteiger partial charge on any atom is 0.315 e. The summed E-state index contributed by atoms with van der Waals surface area (Å²) in [4.78, 5) is 11.9. The first-order valence-corrected chi connectivity index (χ1v) is 7.12. The van der Waals surface area contributed by atoms with Crippen LogP contribution in [-0.2, 0) is 20.8 Å². The molecule has 2 heterocycles. The number of fused-ring (bicyclic) bond motifs is 1. The van der Waals surface area contributed by atoms with Crippen LogP contribution in [0.1, 0.15) is 5.56 Å². The average Bonchev–Trinajstić information content (AvgIpc) is 3.09. The van der Waals surface area contributed by atoms with Crippen LogP contribution in [0.15, 0.2) is 30.3 Å². The number of hydrogen-bond acceptors (Lipinski definition) is 4. The predicted molar refractivity (Wildman–Crippen MR) is 75.9 cm³/mol. The molecule has 6 heteroatoms. The van der Waals surface area contributed by atoms with Gasteiger partial charge in [-0.3, -0.25) is 0 Å². The third-order valence-corrected chi connectivity index (χ3v) is 3.92. The van der Waals surface area contributed by atoms with E-state index in [1.165, 1.54) is 0 Å². The Kier molecular flexibility index (Phi) is 4.38. The van der Waals surface area contributed by atoms with Gasteiger partial charge in [0.15, 0.2) is 0 Å². The van der Waals surface area contributed by atoms with Gasteiger partial charge in [-0.05, 0) is 5.56 Å². The van der Waals surface area contributed by atoms with E-state index < -0.39 is 0 Å². The fraction of sp³-hybridized carbons (Fsp3) is 0.533. The SMILES string of the molecule is COC1COC2C(NC(=O)NCc3ccccc3)COC12. The van der Waals surface area contributed by atoms with E-state index >= 15 is 0 Å². The maximum absolute atomic E-state index is 11.9. The second-order valence-electron chi connectivity index (χ2n) is 5.29. The van der Waals surface area contributed by atoms with Gasteiger partial charge in [-0.25, -0.2) is 4.79 Å². The second-order valence-corrected chi connectivity index (χ2v) is 5.29. The monoisotopic (exact) mass is 292 g/mol. The second kappa shape index (κ2) is 6.43. The minimum atomic E-state index is -0.211. The highest BCUT2D eigenvalue weighted by Crippen LogP contribution is 2.28. The van der Waals surface area contributed by atoms with Crippen molar-refractivity contribution in [3.63, 3.8) is 0 Å². The number of ether oxygens (including phenoxy) is 3. The lowest BCUT2D eigenvalue weighted by Crippen LogP contribution is -2.48. The van der Waals surface area contributed by atoms with E-state index in [2.05, 4.69) is 10.6 Å². The van der Waals surface area contributed by atoms with E-state index in [0.717, 1.165) is 5.56 Å². The van der Waals surface area contributed by atoms with Crippen LogP contribution < -0.4 is 10.6 Å². The molecule has 2 aliphatic rings. The zero-order valence-electron chi connectivity index (χ0n) is 12.0. The van der Waals surface area contributed by atoms with Crippen molar-refractivity contribution in [1.29, 1.82) is 0 Å². The van der Waals surface area contributed by atoms with Crippen LogP contribution in [0.2, 0.25) is 0 Å². The molecule has 21 heavy (non-hydrogen) atoms. The molecule has 0 bridgehead atoms. The zero-order valence-corrected chi connectivity index (χ0v) is 12.0. The number of benzene rings is 1. The number of hydrogen-bond donors (Lipinski definition) is 2. The lowest BCUT2D eigenvalue weighted by molar-refractivity contribution is -0.00807. The predicted octanol–water partition coefficient (Wildman–Crippen LogP) is 0.667. The number of methoxy groups -OCH3 is 1. The lowest BCUT2D eigenvalue weighted by atomic mass is 10.1. The van der Waals surface area contributed by atoms with Gasteiger partial charge in [0.2, 0.25) is 0 Å². The van der Waals surface area contributed by atoms with E-state index in [9.17, 15) is 4.79 Å². The number of carbonyl (C=O) groups is 1. The molecule has 1 aromatic rings. The van der Waals surface area contributed by atoms with E-state index in [0.29, 0.717) is 19.8 Å². The van der Waals surface area contributed by atoms with Crippen LogP contribution in [0.5, 0.6) is 0 Å². The Morgan fingerprint density at radius 1 is 1.24 bits per heavy atom. The van der Waals surface area contributed by atoms with Gasteiger partial charge in [0.1, 0.15) is 18.3 Å². The molecule has 0 aliphatic carbocycles. The van der Waals surface area contributed by atoms with Gasteiger partial charge < -0.3 is 24.8 Å². The molecule has 114 valence electrons. The Morgan fingerprint density at radius 2 is 2.00 bits per heavy atom. The van der Waals surface area contributed by atoms with Crippen LogP contribution in [0.3, 0.4) is 0 Å². The molecule has 6 nitrogen and oxygen atoms in total. The molecule has 2 fully saturated rings. The van der Waals surface area contributed by atoms with Crippen LogP contribution in [0.4, 0.5) is 4.79 Å². The van der Waals surface area contributed by atoms with Crippen molar-refractivity contribution in [2.24, 2.45) is 0 Å². The smallest absolute Gasteiger partial charge is 0.315 e. The summed E-state index contributed by atoms with van der Waals surface area (Å²) in [7, 11) is 1.65. The molecule has 4 unspecified atom stereocenters. The molecule has 0 spiro atoms. The van der Waals surface area contributed by atoms with Gasteiger partial charge in [0.25, 0.3) is 0 Å². The van der Waals surface area contributed by atoms with E-state index in [1.807, 2.05) is 30.3 Å². The molecule has 4 atom stereocenters. The van der Waals surface area contributed by atoms with Crippen molar-refractivity contribution in [2.75, 3.05) is 20.3 Å². The summed E-state index contributed by atoms with van der Waals surface area (Å²) in [6.45, 7) is 1.46. The molecular formula is C15H20N2O4. The number of nitrogens with one attached hydrogen (secondary N) is 2. The van der Waals surface area contributed by atoms with Crippen molar-refractivity contribution < 1.29 is 19.0 Å². The Morgan fingerprint density at radius 3 is 2.76 bits per heavy atom. The summed E-state index contributed by atoms with van der Waals surface area (Å²) in [5.41, 5.74) is 1.06. The van der Waals surface area contributed by atoms with Gasteiger partial charge in [-0.2, -0.15) is 0 Å². The first-order chi connectivity index (χ1) is 10.3. The fourth-order valence-electron chi connectivity index (χ4n) is 2.79. The zero-order chi connectivity index (χ0) is 14.7. The highest BCUT2D eigenvalue weighted by atomic mass is 16.6.